The van der Waals surface area contributed by atoms with Crippen molar-refractivity contribution in [1.29, 1.82) is 0 Å². The lowest BCUT2D eigenvalue weighted by atomic mass is 9.74. The topological polar surface area (TPSA) is 87.7 Å². The van der Waals surface area contributed by atoms with Crippen molar-refractivity contribution < 1.29 is 19.1 Å². The highest BCUT2D eigenvalue weighted by Gasteiger charge is 2.72. The Morgan fingerprint density at radius 1 is 1.10 bits per heavy atom. The molecule has 3 aliphatic heterocycles. The lowest BCUT2D eigenvalue weighted by molar-refractivity contribution is -0.142. The van der Waals surface area contributed by atoms with E-state index in [2.05, 4.69) is 10.6 Å². The second kappa shape index (κ2) is 10.6. The lowest BCUT2D eigenvalue weighted by Gasteiger charge is -2.34. The Labute approximate surface area is 237 Å². The van der Waals surface area contributed by atoms with Crippen LogP contribution in [0.2, 0.25) is 5.02 Å². The van der Waals surface area contributed by atoms with Crippen LogP contribution >= 0.6 is 23.4 Å². The minimum atomic E-state index is -1.20. The van der Waals surface area contributed by atoms with Crippen LogP contribution in [-0.2, 0) is 25.7 Å². The molecule has 4 aliphatic rings. The molecular formula is C30H32ClN3O4S. The Bertz CT molecular complexity index is 1330. The van der Waals surface area contributed by atoms with Crippen molar-refractivity contribution in [3.05, 3.63) is 71.3 Å². The third-order valence-corrected chi connectivity index (χ3v) is 9.61. The van der Waals surface area contributed by atoms with Gasteiger partial charge in [0.25, 0.3) is 0 Å². The first-order valence-electron chi connectivity index (χ1n) is 13.6. The van der Waals surface area contributed by atoms with Crippen LogP contribution in [0.5, 0.6) is 0 Å². The zero-order chi connectivity index (χ0) is 27.1. The summed E-state index contributed by atoms with van der Waals surface area (Å²) in [6.07, 6.45) is 10.2. The summed E-state index contributed by atoms with van der Waals surface area (Å²) in [4.78, 5) is 44.4. The van der Waals surface area contributed by atoms with Gasteiger partial charge in [-0.3, -0.25) is 14.4 Å². The number of anilines is 1. The number of fused-ring (bicyclic) bond motifs is 1. The summed E-state index contributed by atoms with van der Waals surface area (Å²) in [6.45, 7) is 0.158. The summed E-state index contributed by atoms with van der Waals surface area (Å²) >= 11 is 8.06. The minimum absolute atomic E-state index is 0.0735. The summed E-state index contributed by atoms with van der Waals surface area (Å²) < 4.78 is 6.46. The molecule has 39 heavy (non-hydrogen) atoms. The number of nitrogens with zero attached hydrogens (tertiary/aromatic N) is 1. The zero-order valence-electron chi connectivity index (χ0n) is 21.8. The third-order valence-electron chi connectivity index (χ3n) is 8.51. The molecule has 2 aromatic rings. The number of halogens is 1. The van der Waals surface area contributed by atoms with E-state index in [1.54, 1.807) is 22.7 Å². The summed E-state index contributed by atoms with van der Waals surface area (Å²) in [5.41, 5.74) is 0.204. The maximum absolute atomic E-state index is 14.2. The van der Waals surface area contributed by atoms with E-state index >= 15 is 0 Å². The number of carbonyl (C=O) groups is 3. The van der Waals surface area contributed by atoms with Gasteiger partial charge in [0.05, 0.1) is 17.9 Å². The van der Waals surface area contributed by atoms with Crippen molar-refractivity contribution in [2.24, 2.45) is 11.8 Å². The van der Waals surface area contributed by atoms with Crippen LogP contribution in [0, 0.1) is 11.8 Å². The molecule has 3 amide bonds. The first-order chi connectivity index (χ1) is 18.9. The van der Waals surface area contributed by atoms with Gasteiger partial charge in [-0.1, -0.05) is 67.3 Å². The van der Waals surface area contributed by atoms with Crippen LogP contribution in [0.25, 0.3) is 0 Å². The molecule has 1 aliphatic carbocycles. The van der Waals surface area contributed by atoms with Crippen molar-refractivity contribution in [3.8, 4) is 0 Å². The molecule has 2 bridgehead atoms. The summed E-state index contributed by atoms with van der Waals surface area (Å²) in [6, 6.07) is 14.1. The number of nitrogens with one attached hydrogen (secondary N) is 2. The second-order valence-corrected chi connectivity index (χ2v) is 12.1. The lowest BCUT2D eigenvalue weighted by Crippen LogP contribution is -2.56. The van der Waals surface area contributed by atoms with Crippen LogP contribution in [0.1, 0.15) is 37.7 Å². The number of ether oxygens (including phenoxy) is 1. The summed E-state index contributed by atoms with van der Waals surface area (Å²) in [5.74, 6) is -2.33. The molecular weight excluding hydrogens is 534 g/mol. The van der Waals surface area contributed by atoms with Gasteiger partial charge < -0.3 is 20.3 Å². The van der Waals surface area contributed by atoms with E-state index in [4.69, 9.17) is 16.3 Å². The predicted molar refractivity (Wildman–Crippen MR) is 151 cm³/mol. The molecule has 2 saturated heterocycles. The number of thioether (sulfide) groups is 1. The van der Waals surface area contributed by atoms with Gasteiger partial charge in [-0.15, -0.1) is 11.8 Å². The van der Waals surface area contributed by atoms with Crippen LogP contribution in [0.4, 0.5) is 5.69 Å². The maximum Gasteiger partial charge on any atom is 0.246 e. The van der Waals surface area contributed by atoms with Crippen molar-refractivity contribution in [2.75, 3.05) is 11.6 Å². The maximum atomic E-state index is 14.2. The highest BCUT2D eigenvalue weighted by atomic mass is 35.5. The number of hydrogen-bond donors (Lipinski definition) is 2. The Morgan fingerprint density at radius 3 is 2.67 bits per heavy atom. The van der Waals surface area contributed by atoms with E-state index < -0.39 is 29.6 Å². The van der Waals surface area contributed by atoms with Gasteiger partial charge >= 0.3 is 0 Å². The third kappa shape index (κ3) is 4.66. The number of likely N-dealkylation sites (tertiary alicyclic amines) is 1. The Morgan fingerprint density at radius 2 is 1.90 bits per heavy atom. The van der Waals surface area contributed by atoms with Crippen molar-refractivity contribution in [3.63, 3.8) is 0 Å². The number of rotatable bonds is 7. The van der Waals surface area contributed by atoms with E-state index in [1.165, 1.54) is 6.42 Å². The molecule has 6 rings (SSSR count). The molecule has 7 nitrogen and oxygen atoms in total. The number of carbonyl (C=O) groups excluding carboxylic acids is 3. The fourth-order valence-corrected chi connectivity index (χ4v) is 7.36. The smallest absolute Gasteiger partial charge is 0.246 e. The van der Waals surface area contributed by atoms with Crippen LogP contribution in [0.15, 0.2) is 65.6 Å². The summed E-state index contributed by atoms with van der Waals surface area (Å²) in [5, 5.41) is 6.74. The molecule has 5 atom stereocenters. The molecule has 9 heteroatoms. The molecule has 2 N–H and O–H groups in total. The number of hydrogen-bond acceptors (Lipinski definition) is 5. The second-order valence-electron chi connectivity index (χ2n) is 10.8. The van der Waals surface area contributed by atoms with Gasteiger partial charge in [-0.05, 0) is 48.9 Å². The molecule has 1 saturated carbocycles. The van der Waals surface area contributed by atoms with Gasteiger partial charge in [0.1, 0.15) is 11.6 Å². The molecule has 2 aromatic carbocycles. The van der Waals surface area contributed by atoms with E-state index in [-0.39, 0.29) is 30.3 Å². The fraction of sp³-hybridized carbons (Fsp3) is 0.433. The van der Waals surface area contributed by atoms with Crippen molar-refractivity contribution in [2.45, 2.75) is 67.3 Å². The Kier molecular flexibility index (Phi) is 7.20. The average Bonchev–Trinajstić information content (AvgIpc) is 3.58. The SMILES string of the molecule is CSc1cccc(NC(=O)C2C3C=CC4(O3)C2C(=O)N(Cc2ccccc2Cl)C4C(=O)NC2CCCCC2)c1. The van der Waals surface area contributed by atoms with Crippen LogP contribution in [0.3, 0.4) is 0 Å². The summed E-state index contributed by atoms with van der Waals surface area (Å²) in [7, 11) is 0. The standard InChI is InChI=1S/C30H32ClN3O4S/c1-39-21-12-7-11-20(16-21)33-27(35)24-23-14-15-30(38-23)25(24)29(37)34(17-18-8-5-6-13-22(18)31)26(30)28(36)32-19-9-3-2-4-10-19/h5-8,11-16,19,23-26H,2-4,9-10,17H2,1H3,(H,32,36)(H,33,35). The Balaban J connectivity index is 1.33. The van der Waals surface area contributed by atoms with Crippen LogP contribution in [-0.4, -0.2) is 52.7 Å². The first-order valence-corrected chi connectivity index (χ1v) is 15.2. The molecule has 0 radical (unpaired) electrons. The predicted octanol–water partition coefficient (Wildman–Crippen LogP) is 4.80. The average molecular weight is 566 g/mol. The molecule has 1 spiro atoms. The van der Waals surface area contributed by atoms with Gasteiger partial charge in [0.2, 0.25) is 17.7 Å². The highest BCUT2D eigenvalue weighted by Crippen LogP contribution is 2.55. The van der Waals surface area contributed by atoms with E-state index in [0.717, 1.165) is 36.1 Å². The normalized spacial score (nSPS) is 29.5. The molecule has 3 heterocycles. The quantitative estimate of drug-likeness (QED) is 0.372. The van der Waals surface area contributed by atoms with E-state index in [1.807, 2.05) is 60.9 Å². The first kappa shape index (κ1) is 26.4. The van der Waals surface area contributed by atoms with Gasteiger partial charge in [0, 0.05) is 28.2 Å². The molecule has 0 aromatic heterocycles. The highest BCUT2D eigenvalue weighted by molar-refractivity contribution is 7.98. The van der Waals surface area contributed by atoms with Gasteiger partial charge in [0.15, 0.2) is 0 Å². The van der Waals surface area contributed by atoms with Crippen LogP contribution < -0.4 is 10.6 Å². The number of benzene rings is 2. The van der Waals surface area contributed by atoms with Gasteiger partial charge in [-0.25, -0.2) is 0 Å². The van der Waals surface area contributed by atoms with Gasteiger partial charge in [-0.2, -0.15) is 0 Å². The fourth-order valence-electron chi connectivity index (χ4n) is 6.70. The molecule has 204 valence electrons. The van der Waals surface area contributed by atoms with E-state index in [0.29, 0.717) is 10.7 Å². The van der Waals surface area contributed by atoms with E-state index in [9.17, 15) is 14.4 Å². The zero-order valence-corrected chi connectivity index (χ0v) is 23.3. The van der Waals surface area contributed by atoms with Crippen molar-refractivity contribution in [1.82, 2.24) is 10.2 Å². The largest absolute Gasteiger partial charge is 0.359 e. The monoisotopic (exact) mass is 565 g/mol. The molecule has 5 unspecified atom stereocenters. The Hall–Kier alpha value is -2.81. The number of amides is 3. The molecule has 3 fully saturated rings. The minimum Gasteiger partial charge on any atom is -0.359 e. The van der Waals surface area contributed by atoms with Crippen molar-refractivity contribution >= 4 is 46.8 Å².